The van der Waals surface area contributed by atoms with Gasteiger partial charge in [0, 0.05) is 17.3 Å². The van der Waals surface area contributed by atoms with E-state index in [1.54, 1.807) is 18.3 Å². The largest absolute Gasteiger partial charge is 0.480 e. The summed E-state index contributed by atoms with van der Waals surface area (Å²) in [4.78, 5) is 22.8. The number of pyridine rings is 1. The van der Waals surface area contributed by atoms with Crippen LogP contribution in [-0.4, -0.2) is 23.0 Å². The number of ether oxygens (including phenoxy) is 1. The number of nitrogens with one attached hydrogen (secondary N) is 1. The number of rotatable bonds is 6. The Morgan fingerprint density at radius 1 is 1.03 bits per heavy atom. The van der Waals surface area contributed by atoms with E-state index in [1.165, 1.54) is 24.9 Å². The summed E-state index contributed by atoms with van der Waals surface area (Å²) < 4.78 is 5.23. The molecule has 166 valence electrons. The highest BCUT2D eigenvalue weighted by molar-refractivity contribution is 7.19. The second-order valence-corrected chi connectivity index (χ2v) is 9.16. The van der Waals surface area contributed by atoms with Gasteiger partial charge in [-0.1, -0.05) is 65.9 Å². The van der Waals surface area contributed by atoms with Crippen molar-refractivity contribution in [2.75, 3.05) is 12.4 Å². The van der Waals surface area contributed by atoms with Crippen molar-refractivity contribution in [3.05, 3.63) is 84.1 Å². The van der Waals surface area contributed by atoms with Gasteiger partial charge in [-0.05, 0) is 42.5 Å². The highest BCUT2D eigenvalue weighted by Crippen LogP contribution is 2.42. The van der Waals surface area contributed by atoms with E-state index < -0.39 is 0 Å². The van der Waals surface area contributed by atoms with Crippen molar-refractivity contribution in [2.45, 2.75) is 24.8 Å². The van der Waals surface area contributed by atoms with Crippen molar-refractivity contribution in [1.29, 1.82) is 0 Å². The molecular weight excluding hydrogens is 432 g/mol. The average Bonchev–Trinajstić information content (AvgIpc) is 3.27. The first kappa shape index (κ1) is 21.3. The van der Waals surface area contributed by atoms with Crippen molar-refractivity contribution in [1.82, 2.24) is 9.97 Å². The molecule has 1 aliphatic rings. The number of thiazole rings is 1. The van der Waals surface area contributed by atoms with Crippen molar-refractivity contribution >= 4 is 22.4 Å². The molecule has 2 aromatic carbocycles. The minimum atomic E-state index is -0.315. The number of anilines is 1. The van der Waals surface area contributed by atoms with Gasteiger partial charge >= 0.3 is 0 Å². The first-order chi connectivity index (χ1) is 16.1. The van der Waals surface area contributed by atoms with E-state index in [9.17, 15) is 4.79 Å². The molecule has 7 heteroatoms. The molecule has 3 N–H and O–H groups in total. The van der Waals surface area contributed by atoms with E-state index in [0.717, 1.165) is 40.1 Å². The van der Waals surface area contributed by atoms with Crippen molar-refractivity contribution in [3.8, 4) is 27.6 Å². The maximum atomic E-state index is 12.9. The van der Waals surface area contributed by atoms with Gasteiger partial charge in [0.1, 0.15) is 5.56 Å². The van der Waals surface area contributed by atoms with Crippen LogP contribution in [0.1, 0.15) is 35.2 Å². The molecule has 4 aromatic rings. The third-order valence-corrected chi connectivity index (χ3v) is 7.09. The number of aromatic nitrogens is 2. The van der Waals surface area contributed by atoms with Crippen LogP contribution < -0.4 is 15.8 Å². The monoisotopic (exact) mass is 456 g/mol. The van der Waals surface area contributed by atoms with E-state index in [-0.39, 0.29) is 17.3 Å². The van der Waals surface area contributed by atoms with E-state index in [2.05, 4.69) is 34.6 Å². The lowest BCUT2D eigenvalue weighted by Crippen LogP contribution is -2.43. The number of benzene rings is 2. The Balaban J connectivity index is 1.50. The normalized spacial score (nSPS) is 14.4. The predicted octanol–water partition coefficient (Wildman–Crippen LogP) is 5.47. The molecule has 1 amide bonds. The molecular formula is C26H24N4O2S. The average molecular weight is 457 g/mol. The Labute approximate surface area is 196 Å². The number of nitrogens with zero attached hydrogens (tertiary/aromatic N) is 2. The van der Waals surface area contributed by atoms with Gasteiger partial charge in [0.15, 0.2) is 5.13 Å². The molecule has 0 unspecified atom stereocenters. The number of hydrogen-bond donors (Lipinski definition) is 2. The fourth-order valence-electron chi connectivity index (χ4n) is 4.05. The van der Waals surface area contributed by atoms with E-state index >= 15 is 0 Å². The Kier molecular flexibility index (Phi) is 5.66. The molecule has 0 radical (unpaired) electrons. The van der Waals surface area contributed by atoms with Crippen LogP contribution in [0.15, 0.2) is 72.9 Å². The van der Waals surface area contributed by atoms with Crippen LogP contribution in [0.5, 0.6) is 5.88 Å². The summed E-state index contributed by atoms with van der Waals surface area (Å²) in [6.07, 6.45) is 4.80. The fourth-order valence-corrected chi connectivity index (χ4v) is 5.04. The number of carbonyl (C=O) groups is 1. The molecule has 0 spiro atoms. The molecule has 0 aliphatic heterocycles. The molecule has 2 aromatic heterocycles. The molecule has 0 bridgehead atoms. The van der Waals surface area contributed by atoms with Gasteiger partial charge in [-0.2, -0.15) is 0 Å². The third-order valence-electron chi connectivity index (χ3n) is 6.07. The SMILES string of the molecule is COc1ncccc1C(=O)Nc1nc(-c2ccc(C3(N)CCC3)cc2)c(-c2ccccc2)s1. The van der Waals surface area contributed by atoms with Gasteiger partial charge in [-0.3, -0.25) is 10.1 Å². The molecule has 0 atom stereocenters. The summed E-state index contributed by atoms with van der Waals surface area (Å²) in [6.45, 7) is 0. The van der Waals surface area contributed by atoms with Gasteiger partial charge in [0.05, 0.1) is 17.7 Å². The number of carbonyl (C=O) groups excluding carboxylic acids is 1. The van der Waals surface area contributed by atoms with E-state index in [0.29, 0.717) is 10.7 Å². The van der Waals surface area contributed by atoms with Crippen molar-refractivity contribution < 1.29 is 9.53 Å². The van der Waals surface area contributed by atoms with Crippen molar-refractivity contribution in [2.24, 2.45) is 5.73 Å². The Morgan fingerprint density at radius 2 is 1.79 bits per heavy atom. The number of nitrogens with two attached hydrogens (primary N) is 1. The fraction of sp³-hybridized carbons (Fsp3) is 0.192. The molecule has 6 nitrogen and oxygen atoms in total. The Bertz CT molecular complexity index is 1280. The van der Waals surface area contributed by atoms with Crippen LogP contribution >= 0.6 is 11.3 Å². The zero-order valence-electron chi connectivity index (χ0n) is 18.2. The van der Waals surface area contributed by atoms with Gasteiger partial charge in [0.25, 0.3) is 5.91 Å². The second-order valence-electron chi connectivity index (χ2n) is 8.16. The molecule has 0 saturated heterocycles. The number of hydrogen-bond acceptors (Lipinski definition) is 6. The maximum absolute atomic E-state index is 12.9. The number of methoxy groups -OCH3 is 1. The topological polar surface area (TPSA) is 90.1 Å². The second kappa shape index (κ2) is 8.77. The van der Waals surface area contributed by atoms with Gasteiger partial charge in [0.2, 0.25) is 5.88 Å². The summed E-state index contributed by atoms with van der Waals surface area (Å²) in [7, 11) is 1.49. The zero-order valence-corrected chi connectivity index (χ0v) is 19.1. The minimum Gasteiger partial charge on any atom is -0.480 e. The smallest absolute Gasteiger partial charge is 0.262 e. The summed E-state index contributed by atoms with van der Waals surface area (Å²) in [5, 5.41) is 3.43. The van der Waals surface area contributed by atoms with Crippen LogP contribution in [0.25, 0.3) is 21.7 Å². The molecule has 1 saturated carbocycles. The van der Waals surface area contributed by atoms with Gasteiger partial charge in [-0.15, -0.1) is 0 Å². The quantitative estimate of drug-likeness (QED) is 0.401. The maximum Gasteiger partial charge on any atom is 0.262 e. The van der Waals surface area contributed by atoms with E-state index in [1.807, 2.05) is 30.3 Å². The van der Waals surface area contributed by atoms with Crippen molar-refractivity contribution in [3.63, 3.8) is 0 Å². The summed E-state index contributed by atoms with van der Waals surface area (Å²) in [6, 6.07) is 21.8. The minimum absolute atomic E-state index is 0.204. The van der Waals surface area contributed by atoms with Gasteiger partial charge < -0.3 is 10.5 Å². The molecule has 1 fully saturated rings. The van der Waals surface area contributed by atoms with Crippen LogP contribution in [-0.2, 0) is 5.54 Å². The van der Waals surface area contributed by atoms with Crippen LogP contribution in [0, 0.1) is 0 Å². The molecule has 33 heavy (non-hydrogen) atoms. The zero-order chi connectivity index (χ0) is 22.8. The lowest BCUT2D eigenvalue weighted by atomic mass is 9.72. The van der Waals surface area contributed by atoms with Crippen LogP contribution in [0.3, 0.4) is 0 Å². The number of amides is 1. The Morgan fingerprint density at radius 3 is 2.45 bits per heavy atom. The summed E-state index contributed by atoms with van der Waals surface area (Å²) >= 11 is 1.44. The Hall–Kier alpha value is -3.55. The third kappa shape index (κ3) is 4.13. The summed E-state index contributed by atoms with van der Waals surface area (Å²) in [5.41, 5.74) is 10.7. The lowest BCUT2D eigenvalue weighted by molar-refractivity contribution is 0.102. The predicted molar refractivity (Wildman–Crippen MR) is 131 cm³/mol. The highest BCUT2D eigenvalue weighted by Gasteiger charge is 2.34. The van der Waals surface area contributed by atoms with E-state index in [4.69, 9.17) is 15.5 Å². The summed E-state index contributed by atoms with van der Waals surface area (Å²) in [5.74, 6) is -0.0392. The molecule has 5 rings (SSSR count). The van der Waals surface area contributed by atoms with Crippen LogP contribution in [0.4, 0.5) is 5.13 Å². The first-order valence-electron chi connectivity index (χ1n) is 10.8. The van der Waals surface area contributed by atoms with Crippen LogP contribution in [0.2, 0.25) is 0 Å². The lowest BCUT2D eigenvalue weighted by Gasteiger charge is -2.38. The standard InChI is InChI=1S/C26H24N4O2S/c1-32-24-20(9-5-16-28-24)23(31)30-25-29-21(22(33-25)18-7-3-2-4-8-18)17-10-12-19(13-11-17)26(27)14-6-15-26/h2-5,7-13,16H,6,14-15,27H2,1H3,(H,29,30,31). The molecule has 2 heterocycles. The highest BCUT2D eigenvalue weighted by atomic mass is 32.1. The molecule has 1 aliphatic carbocycles. The first-order valence-corrected chi connectivity index (χ1v) is 11.7. The van der Waals surface area contributed by atoms with Gasteiger partial charge in [-0.25, -0.2) is 9.97 Å².